The predicted molar refractivity (Wildman–Crippen MR) is 69.0 cm³/mol. The molecule has 1 aromatic carbocycles. The third kappa shape index (κ3) is 3.41. The summed E-state index contributed by atoms with van der Waals surface area (Å²) in [5, 5.41) is 13.4. The first kappa shape index (κ1) is 14.4. The van der Waals surface area contributed by atoms with E-state index in [4.69, 9.17) is 5.73 Å². The van der Waals surface area contributed by atoms with E-state index in [-0.39, 0.29) is 29.4 Å². The Balaban J connectivity index is 3.16. The van der Waals surface area contributed by atoms with Gasteiger partial charge in [-0.25, -0.2) is 0 Å². The first-order chi connectivity index (χ1) is 8.86. The van der Waals surface area contributed by atoms with Crippen LogP contribution in [0.5, 0.6) is 0 Å². The van der Waals surface area contributed by atoms with Gasteiger partial charge in [0.2, 0.25) is 11.8 Å². The largest absolute Gasteiger partial charge is 0.366 e. The zero-order valence-electron chi connectivity index (χ0n) is 10.5. The fourth-order valence-corrected chi connectivity index (χ4v) is 1.53. The van der Waals surface area contributed by atoms with Crippen LogP contribution in [0.15, 0.2) is 18.2 Å². The third-order valence-electron chi connectivity index (χ3n) is 2.53. The van der Waals surface area contributed by atoms with Crippen LogP contribution in [-0.4, -0.2) is 37.4 Å². The van der Waals surface area contributed by atoms with Crippen LogP contribution in [0, 0.1) is 10.1 Å². The van der Waals surface area contributed by atoms with Crippen molar-refractivity contribution >= 4 is 23.2 Å². The molecular formula is C11H14N4O4. The molecule has 1 rings (SSSR count). The maximum atomic E-state index is 11.3. The van der Waals surface area contributed by atoms with Crippen molar-refractivity contribution in [2.75, 3.05) is 25.5 Å². The number of likely N-dealkylation sites (N-methyl/N-ethyl adjacent to an activating group) is 2. The molecule has 0 heterocycles. The Morgan fingerprint density at radius 3 is 2.58 bits per heavy atom. The van der Waals surface area contributed by atoms with E-state index in [0.29, 0.717) is 0 Å². The summed E-state index contributed by atoms with van der Waals surface area (Å²) in [5.74, 6) is -1.03. The van der Waals surface area contributed by atoms with Crippen LogP contribution < -0.4 is 16.0 Å². The Hall–Kier alpha value is -2.64. The number of nitrogens with zero attached hydrogens (tertiary/aromatic N) is 2. The molecule has 0 aliphatic heterocycles. The van der Waals surface area contributed by atoms with Gasteiger partial charge in [-0.3, -0.25) is 19.7 Å². The van der Waals surface area contributed by atoms with E-state index < -0.39 is 10.8 Å². The molecule has 0 saturated heterocycles. The number of rotatable bonds is 5. The summed E-state index contributed by atoms with van der Waals surface area (Å²) in [4.78, 5) is 34.0. The molecule has 0 aliphatic carbocycles. The Kier molecular flexibility index (Phi) is 4.41. The van der Waals surface area contributed by atoms with Gasteiger partial charge in [-0.05, 0) is 12.1 Å². The molecule has 1 aromatic rings. The number of nitrogens with one attached hydrogen (secondary N) is 1. The number of nitro groups is 1. The number of primary amides is 1. The zero-order valence-corrected chi connectivity index (χ0v) is 10.5. The normalized spacial score (nSPS) is 9.79. The second-order valence-corrected chi connectivity index (χ2v) is 3.85. The van der Waals surface area contributed by atoms with E-state index in [1.165, 1.54) is 24.1 Å². The lowest BCUT2D eigenvalue weighted by atomic mass is 10.1. The topological polar surface area (TPSA) is 119 Å². The quantitative estimate of drug-likeness (QED) is 0.568. The molecule has 2 amide bonds. The molecule has 8 heteroatoms. The molecule has 0 radical (unpaired) electrons. The van der Waals surface area contributed by atoms with Crippen molar-refractivity contribution in [1.82, 2.24) is 5.32 Å². The number of amides is 2. The molecule has 0 aliphatic rings. The van der Waals surface area contributed by atoms with Gasteiger partial charge in [0.15, 0.2) is 0 Å². The summed E-state index contributed by atoms with van der Waals surface area (Å²) in [7, 11) is 3.02. The number of benzene rings is 1. The van der Waals surface area contributed by atoms with Gasteiger partial charge in [-0.15, -0.1) is 0 Å². The first-order valence-corrected chi connectivity index (χ1v) is 5.36. The predicted octanol–water partition coefficient (Wildman–Crippen LogP) is -0.124. The highest BCUT2D eigenvalue weighted by Gasteiger charge is 2.20. The smallest absolute Gasteiger partial charge is 0.293 e. The highest BCUT2D eigenvalue weighted by Crippen LogP contribution is 2.28. The van der Waals surface area contributed by atoms with Gasteiger partial charge in [0.25, 0.3) is 5.69 Å². The lowest BCUT2D eigenvalue weighted by molar-refractivity contribution is -0.384. The SMILES string of the molecule is CNC(=O)CN(C)c1ccc(C(N)=O)cc1[N+](=O)[O-]. The maximum absolute atomic E-state index is 11.3. The summed E-state index contributed by atoms with van der Waals surface area (Å²) in [6.07, 6.45) is 0. The molecule has 0 bridgehead atoms. The second-order valence-electron chi connectivity index (χ2n) is 3.85. The van der Waals surface area contributed by atoms with Crippen LogP contribution in [0.1, 0.15) is 10.4 Å². The van der Waals surface area contributed by atoms with Crippen LogP contribution in [0.25, 0.3) is 0 Å². The summed E-state index contributed by atoms with van der Waals surface area (Å²) in [6, 6.07) is 3.87. The first-order valence-electron chi connectivity index (χ1n) is 5.36. The molecule has 0 fully saturated rings. The Bertz CT molecular complexity index is 529. The lowest BCUT2D eigenvalue weighted by Crippen LogP contribution is -2.33. The van der Waals surface area contributed by atoms with Crippen LogP contribution in [0.4, 0.5) is 11.4 Å². The van der Waals surface area contributed by atoms with E-state index in [0.717, 1.165) is 6.07 Å². The Morgan fingerprint density at radius 1 is 1.47 bits per heavy atom. The van der Waals surface area contributed by atoms with Gasteiger partial charge in [-0.1, -0.05) is 0 Å². The molecule has 3 N–H and O–H groups in total. The Morgan fingerprint density at radius 2 is 2.11 bits per heavy atom. The van der Waals surface area contributed by atoms with Crippen molar-refractivity contribution in [3.05, 3.63) is 33.9 Å². The maximum Gasteiger partial charge on any atom is 0.293 e. The number of carbonyl (C=O) groups excluding carboxylic acids is 2. The van der Waals surface area contributed by atoms with E-state index in [1.807, 2.05) is 0 Å². The summed E-state index contributed by atoms with van der Waals surface area (Å²) >= 11 is 0. The van der Waals surface area contributed by atoms with E-state index in [2.05, 4.69) is 5.32 Å². The second kappa shape index (κ2) is 5.80. The van der Waals surface area contributed by atoms with E-state index in [9.17, 15) is 19.7 Å². The van der Waals surface area contributed by atoms with Crippen LogP contribution in [-0.2, 0) is 4.79 Å². The number of nitro benzene ring substituents is 1. The van der Waals surface area contributed by atoms with Gasteiger partial charge in [0.05, 0.1) is 11.5 Å². The van der Waals surface area contributed by atoms with Crippen LogP contribution in [0.2, 0.25) is 0 Å². The monoisotopic (exact) mass is 266 g/mol. The van der Waals surface area contributed by atoms with Gasteiger partial charge in [0.1, 0.15) is 5.69 Å². The summed E-state index contributed by atoms with van der Waals surface area (Å²) < 4.78 is 0. The fourth-order valence-electron chi connectivity index (χ4n) is 1.53. The number of hydrogen-bond donors (Lipinski definition) is 2. The van der Waals surface area contributed by atoms with Gasteiger partial charge < -0.3 is 16.0 Å². The molecule has 0 saturated carbocycles. The highest BCUT2D eigenvalue weighted by atomic mass is 16.6. The number of hydrogen-bond acceptors (Lipinski definition) is 5. The minimum absolute atomic E-state index is 0.0345. The van der Waals surface area contributed by atoms with Gasteiger partial charge in [-0.2, -0.15) is 0 Å². The average molecular weight is 266 g/mol. The van der Waals surface area contributed by atoms with Gasteiger partial charge >= 0.3 is 0 Å². The molecule has 8 nitrogen and oxygen atoms in total. The average Bonchev–Trinajstić information content (AvgIpc) is 2.37. The minimum atomic E-state index is -0.747. The van der Waals surface area contributed by atoms with Crippen LogP contribution in [0.3, 0.4) is 0 Å². The molecule has 19 heavy (non-hydrogen) atoms. The summed E-state index contributed by atoms with van der Waals surface area (Å²) in [5.41, 5.74) is 5.08. The number of carbonyl (C=O) groups is 2. The van der Waals surface area contributed by atoms with Crippen LogP contribution >= 0.6 is 0 Å². The zero-order chi connectivity index (χ0) is 14.6. The van der Waals surface area contributed by atoms with Crippen molar-refractivity contribution < 1.29 is 14.5 Å². The van der Waals surface area contributed by atoms with Crippen molar-refractivity contribution in [1.29, 1.82) is 0 Å². The van der Waals surface area contributed by atoms with Gasteiger partial charge in [0, 0.05) is 25.7 Å². The highest BCUT2D eigenvalue weighted by molar-refractivity contribution is 5.94. The molecule has 0 atom stereocenters. The molecular weight excluding hydrogens is 252 g/mol. The van der Waals surface area contributed by atoms with E-state index >= 15 is 0 Å². The summed E-state index contributed by atoms with van der Waals surface area (Å²) in [6.45, 7) is -0.0345. The van der Waals surface area contributed by atoms with Crippen molar-refractivity contribution in [2.24, 2.45) is 5.73 Å². The molecule has 0 aromatic heterocycles. The fraction of sp³-hybridized carbons (Fsp3) is 0.273. The number of anilines is 1. The Labute approximate surface area is 109 Å². The van der Waals surface area contributed by atoms with Crippen molar-refractivity contribution in [3.63, 3.8) is 0 Å². The third-order valence-corrected chi connectivity index (χ3v) is 2.53. The molecule has 0 unspecified atom stereocenters. The van der Waals surface area contributed by atoms with Crippen molar-refractivity contribution in [2.45, 2.75) is 0 Å². The lowest BCUT2D eigenvalue weighted by Gasteiger charge is -2.18. The molecule has 102 valence electrons. The standard InChI is InChI=1S/C11H14N4O4/c1-13-10(16)6-14(2)8-4-3-7(11(12)17)5-9(8)15(18)19/h3-5H,6H2,1-2H3,(H2,12,17)(H,13,16). The van der Waals surface area contributed by atoms with E-state index in [1.54, 1.807) is 7.05 Å². The minimum Gasteiger partial charge on any atom is -0.366 e. The molecule has 0 spiro atoms. The van der Waals surface area contributed by atoms with Crippen molar-refractivity contribution in [3.8, 4) is 0 Å². The number of nitrogens with two attached hydrogens (primary N) is 1.